The zero-order valence-corrected chi connectivity index (χ0v) is 24.6. The van der Waals surface area contributed by atoms with Gasteiger partial charge in [0, 0.05) is 33.0 Å². The minimum atomic E-state index is -0.482. The Bertz CT molecular complexity index is 1460. The van der Waals surface area contributed by atoms with Crippen molar-refractivity contribution in [1.82, 2.24) is 15.0 Å². The van der Waals surface area contributed by atoms with Crippen LogP contribution in [0.15, 0.2) is 61.1 Å². The lowest BCUT2D eigenvalue weighted by Gasteiger charge is -2.45. The first-order valence-electron chi connectivity index (χ1n) is 13.6. The third-order valence-electron chi connectivity index (χ3n) is 8.51. The summed E-state index contributed by atoms with van der Waals surface area (Å²) < 4.78 is 1.06. The molecule has 2 bridgehead atoms. The maximum atomic E-state index is 14.3. The standard InChI is InChI=1S/C30H31BIN4OS/c1-29-13-6-7-15-30(31-29,14-5-4-11-23(29)20-9-8-16-33-18-20)28(37)36-24-12-3-2-10-22(24)26-35-25-17-21(32)19-34-27(25)38-26/h2-3,8-10,12,16-19,23H,4-7,11,13-15H2,1H3,(H,36,37). The van der Waals surface area contributed by atoms with Crippen molar-refractivity contribution in [3.63, 3.8) is 0 Å². The van der Waals surface area contributed by atoms with Gasteiger partial charge >= 0.3 is 0 Å². The Kier molecular flexibility index (Phi) is 7.29. The average molecular weight is 633 g/mol. The van der Waals surface area contributed by atoms with Gasteiger partial charge < -0.3 is 5.32 Å². The number of rotatable bonds is 4. The van der Waals surface area contributed by atoms with E-state index in [0.717, 1.165) is 81.5 Å². The second kappa shape index (κ2) is 10.7. The highest BCUT2D eigenvalue weighted by molar-refractivity contribution is 14.1. The quantitative estimate of drug-likeness (QED) is 0.182. The third-order valence-corrected chi connectivity index (χ3v) is 10.1. The summed E-state index contributed by atoms with van der Waals surface area (Å²) >= 11 is 3.83. The summed E-state index contributed by atoms with van der Waals surface area (Å²) in [4.78, 5) is 29.1. The normalized spacial score (nSPS) is 25.6. The van der Waals surface area contributed by atoms with Gasteiger partial charge in [-0.3, -0.25) is 9.78 Å². The van der Waals surface area contributed by atoms with Gasteiger partial charge in [0.25, 0.3) is 0 Å². The molecule has 3 aromatic heterocycles. The molecule has 3 unspecified atom stereocenters. The number of fused-ring (bicyclic) bond motifs is 3. The summed E-state index contributed by atoms with van der Waals surface area (Å²) in [6.07, 6.45) is 14.2. The van der Waals surface area contributed by atoms with Gasteiger partial charge in [0.1, 0.15) is 22.6 Å². The number of pyridine rings is 2. The van der Waals surface area contributed by atoms with Crippen LogP contribution in [0.5, 0.6) is 0 Å². The monoisotopic (exact) mass is 633 g/mol. The van der Waals surface area contributed by atoms with Crippen LogP contribution in [0.3, 0.4) is 0 Å². The number of para-hydroxylation sites is 1. The zero-order valence-electron chi connectivity index (χ0n) is 21.6. The number of anilines is 1. The number of benzene rings is 1. The molecule has 5 nitrogen and oxygen atoms in total. The molecule has 1 N–H and O–H groups in total. The van der Waals surface area contributed by atoms with Gasteiger partial charge in [-0.15, -0.1) is 0 Å². The molecular formula is C30H31BIN4OS. The van der Waals surface area contributed by atoms with Crippen LogP contribution in [-0.2, 0) is 4.79 Å². The van der Waals surface area contributed by atoms with Crippen molar-refractivity contribution in [2.75, 3.05) is 5.32 Å². The molecule has 0 aliphatic carbocycles. The summed E-state index contributed by atoms with van der Waals surface area (Å²) in [7, 11) is 2.46. The number of nitrogens with zero attached hydrogens (tertiary/aromatic N) is 3. The molecule has 2 saturated heterocycles. The van der Waals surface area contributed by atoms with E-state index in [1.807, 2.05) is 48.9 Å². The van der Waals surface area contributed by atoms with Gasteiger partial charge in [0.05, 0.1) is 5.69 Å². The summed E-state index contributed by atoms with van der Waals surface area (Å²) in [6.45, 7) is 2.38. The largest absolute Gasteiger partial charge is 0.326 e. The lowest BCUT2D eigenvalue weighted by molar-refractivity contribution is -0.119. The molecule has 1 radical (unpaired) electrons. The van der Waals surface area contributed by atoms with Crippen LogP contribution in [0.1, 0.15) is 69.8 Å². The minimum absolute atomic E-state index is 0.0490. The molecule has 193 valence electrons. The fraction of sp³-hybridized carbons (Fsp3) is 0.400. The van der Waals surface area contributed by atoms with Crippen molar-refractivity contribution in [3.05, 3.63) is 70.2 Å². The molecule has 0 saturated carbocycles. The topological polar surface area (TPSA) is 67.8 Å². The molecule has 38 heavy (non-hydrogen) atoms. The highest BCUT2D eigenvalue weighted by atomic mass is 127. The smallest absolute Gasteiger partial charge is 0.222 e. The molecule has 0 spiro atoms. The van der Waals surface area contributed by atoms with Crippen LogP contribution in [0.2, 0.25) is 10.6 Å². The summed E-state index contributed by atoms with van der Waals surface area (Å²) in [5.41, 5.74) is 3.97. The lowest BCUT2D eigenvalue weighted by atomic mass is 9.33. The highest BCUT2D eigenvalue weighted by Gasteiger charge is 2.50. The van der Waals surface area contributed by atoms with E-state index in [9.17, 15) is 4.79 Å². The maximum absolute atomic E-state index is 14.3. The SMILES string of the molecule is CC12[B]C(C(=O)Nc3ccccc3-c3nc4cc(I)cnc4s3)(CCCCC1c1cccnc1)CCCC2. The molecule has 3 atom stereocenters. The second-order valence-electron chi connectivity index (χ2n) is 11.1. The first-order chi connectivity index (χ1) is 18.5. The number of thiazole rings is 1. The van der Waals surface area contributed by atoms with Crippen molar-refractivity contribution in [2.24, 2.45) is 0 Å². The van der Waals surface area contributed by atoms with Gasteiger partial charge in [0.15, 0.2) is 0 Å². The Morgan fingerprint density at radius 2 is 1.89 bits per heavy atom. The average Bonchev–Trinajstić information content (AvgIpc) is 3.23. The van der Waals surface area contributed by atoms with E-state index in [0.29, 0.717) is 5.92 Å². The third kappa shape index (κ3) is 5.01. The molecule has 1 amide bonds. The van der Waals surface area contributed by atoms with Gasteiger partial charge in [-0.25, -0.2) is 9.97 Å². The van der Waals surface area contributed by atoms with Crippen molar-refractivity contribution >= 4 is 63.1 Å². The highest BCUT2D eigenvalue weighted by Crippen LogP contribution is 2.59. The maximum Gasteiger partial charge on any atom is 0.222 e. The molecule has 1 aromatic carbocycles. The molecule has 8 heteroatoms. The van der Waals surface area contributed by atoms with E-state index >= 15 is 0 Å². The molecule has 4 aromatic rings. The van der Waals surface area contributed by atoms with Crippen LogP contribution < -0.4 is 5.32 Å². The van der Waals surface area contributed by atoms with E-state index in [1.165, 1.54) is 5.56 Å². The Morgan fingerprint density at radius 1 is 1.08 bits per heavy atom. The number of hydrogen-bond donors (Lipinski definition) is 1. The van der Waals surface area contributed by atoms with E-state index < -0.39 is 5.31 Å². The van der Waals surface area contributed by atoms with E-state index in [1.54, 1.807) is 11.3 Å². The van der Waals surface area contributed by atoms with Crippen LogP contribution in [0.25, 0.3) is 20.9 Å². The number of carbonyl (C=O) groups is 1. The van der Waals surface area contributed by atoms with Gasteiger partial charge in [-0.2, -0.15) is 0 Å². The summed E-state index contributed by atoms with van der Waals surface area (Å²) in [6, 6.07) is 14.4. The number of hydrogen-bond acceptors (Lipinski definition) is 5. The Labute approximate surface area is 242 Å². The number of amides is 1. The fourth-order valence-corrected chi connectivity index (χ4v) is 8.04. The van der Waals surface area contributed by atoms with Crippen molar-refractivity contribution < 1.29 is 4.79 Å². The Hall–Kier alpha value is -2.33. The zero-order chi connectivity index (χ0) is 26.2. The van der Waals surface area contributed by atoms with E-state index in [-0.39, 0.29) is 11.2 Å². The van der Waals surface area contributed by atoms with E-state index in [4.69, 9.17) is 4.98 Å². The Balaban J connectivity index is 1.33. The predicted molar refractivity (Wildman–Crippen MR) is 165 cm³/mol. The molecule has 2 fully saturated rings. The number of carbonyl (C=O) groups excluding carboxylic acids is 1. The molecule has 6 rings (SSSR count). The van der Waals surface area contributed by atoms with Gasteiger partial charge in [-0.1, -0.05) is 73.9 Å². The fourth-order valence-electron chi connectivity index (χ4n) is 6.67. The predicted octanol–water partition coefficient (Wildman–Crippen LogP) is 8.27. The first-order valence-corrected chi connectivity index (χ1v) is 15.5. The number of aromatic nitrogens is 3. The summed E-state index contributed by atoms with van der Waals surface area (Å²) in [5, 5.41) is 3.74. The number of nitrogens with one attached hydrogen (secondary N) is 1. The molecule has 5 heterocycles. The molecular weight excluding hydrogens is 602 g/mol. The lowest BCUT2D eigenvalue weighted by Crippen LogP contribution is -2.42. The number of halogens is 1. The molecule has 2 aliphatic rings. The van der Waals surface area contributed by atoms with Crippen LogP contribution in [-0.4, -0.2) is 28.1 Å². The summed E-state index contributed by atoms with van der Waals surface area (Å²) in [5.74, 6) is 0.505. The Morgan fingerprint density at radius 3 is 2.74 bits per heavy atom. The first kappa shape index (κ1) is 25.9. The van der Waals surface area contributed by atoms with Gasteiger partial charge in [-0.05, 0) is 77.6 Å². The van der Waals surface area contributed by atoms with Crippen molar-refractivity contribution in [1.29, 1.82) is 0 Å². The van der Waals surface area contributed by atoms with Crippen LogP contribution in [0.4, 0.5) is 5.69 Å². The van der Waals surface area contributed by atoms with Crippen molar-refractivity contribution in [3.8, 4) is 10.6 Å². The van der Waals surface area contributed by atoms with Gasteiger partial charge in [0.2, 0.25) is 5.91 Å². The van der Waals surface area contributed by atoms with Crippen LogP contribution >= 0.6 is 33.9 Å². The second-order valence-corrected chi connectivity index (χ2v) is 13.3. The van der Waals surface area contributed by atoms with E-state index in [2.05, 4.69) is 64.2 Å². The minimum Gasteiger partial charge on any atom is -0.326 e. The molecule has 2 aliphatic heterocycles. The van der Waals surface area contributed by atoms with Crippen molar-refractivity contribution in [2.45, 2.75) is 74.8 Å². The van der Waals surface area contributed by atoms with Crippen LogP contribution in [0, 0.1) is 3.57 Å².